The van der Waals surface area contributed by atoms with Crippen LogP contribution in [0.15, 0.2) is 12.1 Å². The second-order valence-electron chi connectivity index (χ2n) is 3.60. The van der Waals surface area contributed by atoms with Gasteiger partial charge in [-0.05, 0) is 13.0 Å². The summed E-state index contributed by atoms with van der Waals surface area (Å²) in [4.78, 5) is 11.7. The van der Waals surface area contributed by atoms with Gasteiger partial charge in [-0.2, -0.15) is 14.0 Å². The third kappa shape index (κ3) is 4.76. The summed E-state index contributed by atoms with van der Waals surface area (Å²) in [5, 5.41) is 8.88. The van der Waals surface area contributed by atoms with Gasteiger partial charge in [-0.15, -0.1) is 13.2 Å². The van der Waals surface area contributed by atoms with Gasteiger partial charge in [0.2, 0.25) is 0 Å². The molecule has 0 aliphatic heterocycles. The maximum absolute atomic E-state index is 12.3. The Morgan fingerprint density at radius 3 is 2.45 bits per heavy atom. The van der Waals surface area contributed by atoms with Gasteiger partial charge < -0.3 is 14.2 Å². The lowest BCUT2D eigenvalue weighted by Crippen LogP contribution is -2.18. The summed E-state index contributed by atoms with van der Waals surface area (Å²) < 4.78 is 73.2. The van der Waals surface area contributed by atoms with Crippen molar-refractivity contribution in [3.63, 3.8) is 0 Å². The van der Waals surface area contributed by atoms with Crippen LogP contribution in [0.1, 0.15) is 22.8 Å². The van der Waals surface area contributed by atoms with Crippen LogP contribution in [0.25, 0.3) is 0 Å². The molecule has 0 fully saturated rings. The van der Waals surface area contributed by atoms with E-state index in [-0.39, 0.29) is 6.61 Å². The van der Waals surface area contributed by atoms with Crippen molar-refractivity contribution in [3.8, 4) is 17.6 Å². The first-order valence-electron chi connectivity index (χ1n) is 5.63. The standard InChI is InChI=1S/C12H8F5NO4/c1-2-20-10(19)9-6(5-18)3-7(22-12(15,16)17)4-8(9)21-11(13)14/h3-4,11H,2H2,1H3. The number of nitriles is 1. The minimum absolute atomic E-state index is 0.140. The number of carbonyl (C=O) groups excluding carboxylic acids is 1. The van der Waals surface area contributed by atoms with E-state index in [0.29, 0.717) is 12.1 Å². The van der Waals surface area contributed by atoms with Crippen LogP contribution < -0.4 is 9.47 Å². The molecular formula is C12H8F5NO4. The van der Waals surface area contributed by atoms with Crippen molar-refractivity contribution in [3.05, 3.63) is 23.3 Å². The quantitative estimate of drug-likeness (QED) is 0.614. The van der Waals surface area contributed by atoms with Crippen LogP contribution in [0.3, 0.4) is 0 Å². The summed E-state index contributed by atoms with van der Waals surface area (Å²) in [7, 11) is 0. The third-order valence-corrected chi connectivity index (χ3v) is 2.13. The second-order valence-corrected chi connectivity index (χ2v) is 3.60. The van der Waals surface area contributed by atoms with E-state index in [9.17, 15) is 26.7 Å². The van der Waals surface area contributed by atoms with Crippen LogP contribution in [0.2, 0.25) is 0 Å². The zero-order valence-electron chi connectivity index (χ0n) is 10.9. The van der Waals surface area contributed by atoms with E-state index in [0.717, 1.165) is 0 Å². The number of halogens is 5. The fourth-order valence-electron chi connectivity index (χ4n) is 1.47. The van der Waals surface area contributed by atoms with E-state index >= 15 is 0 Å². The molecule has 0 aliphatic rings. The molecule has 5 nitrogen and oxygen atoms in total. The molecule has 0 bridgehead atoms. The second kappa shape index (κ2) is 6.93. The molecule has 1 aromatic carbocycles. The normalized spacial score (nSPS) is 11.0. The number of hydrogen-bond acceptors (Lipinski definition) is 5. The highest BCUT2D eigenvalue weighted by molar-refractivity contribution is 5.95. The van der Waals surface area contributed by atoms with Gasteiger partial charge in [0.25, 0.3) is 0 Å². The van der Waals surface area contributed by atoms with Gasteiger partial charge in [0.15, 0.2) is 0 Å². The summed E-state index contributed by atoms with van der Waals surface area (Å²) in [5.41, 5.74) is -1.37. The Morgan fingerprint density at radius 1 is 1.36 bits per heavy atom. The molecule has 22 heavy (non-hydrogen) atoms. The minimum Gasteiger partial charge on any atom is -0.462 e. The molecule has 0 atom stereocenters. The fraction of sp³-hybridized carbons (Fsp3) is 0.333. The number of ether oxygens (including phenoxy) is 3. The third-order valence-electron chi connectivity index (χ3n) is 2.13. The van der Waals surface area contributed by atoms with Gasteiger partial charge >= 0.3 is 18.9 Å². The first-order chi connectivity index (χ1) is 10.2. The fourth-order valence-corrected chi connectivity index (χ4v) is 1.47. The Labute approximate surface area is 120 Å². The predicted octanol–water partition coefficient (Wildman–Crippen LogP) is 3.23. The van der Waals surface area contributed by atoms with Crippen LogP contribution in [-0.4, -0.2) is 25.6 Å². The SMILES string of the molecule is CCOC(=O)c1c(C#N)cc(OC(F)(F)F)cc1OC(F)F. The van der Waals surface area contributed by atoms with Crippen LogP contribution in [0, 0.1) is 11.3 Å². The van der Waals surface area contributed by atoms with E-state index < -0.39 is 41.6 Å². The molecule has 0 saturated carbocycles. The lowest BCUT2D eigenvalue weighted by atomic mass is 10.1. The van der Waals surface area contributed by atoms with Gasteiger partial charge in [0.05, 0.1) is 12.2 Å². The topological polar surface area (TPSA) is 68.6 Å². The Hall–Kier alpha value is -2.57. The molecule has 0 saturated heterocycles. The first kappa shape index (κ1) is 17.5. The molecular weight excluding hydrogens is 317 g/mol. The highest BCUT2D eigenvalue weighted by atomic mass is 19.4. The average molecular weight is 325 g/mol. The van der Waals surface area contributed by atoms with Crippen molar-refractivity contribution in [2.45, 2.75) is 19.9 Å². The van der Waals surface area contributed by atoms with Crippen molar-refractivity contribution in [2.75, 3.05) is 6.61 Å². The van der Waals surface area contributed by atoms with Crippen LogP contribution in [0.5, 0.6) is 11.5 Å². The number of nitrogens with zero attached hydrogens (tertiary/aromatic N) is 1. The Morgan fingerprint density at radius 2 is 2.00 bits per heavy atom. The number of benzene rings is 1. The first-order valence-corrected chi connectivity index (χ1v) is 5.63. The zero-order valence-corrected chi connectivity index (χ0v) is 10.9. The summed E-state index contributed by atoms with van der Waals surface area (Å²) in [6.07, 6.45) is -5.11. The lowest BCUT2D eigenvalue weighted by Gasteiger charge is -2.15. The van der Waals surface area contributed by atoms with Crippen molar-refractivity contribution in [1.29, 1.82) is 5.26 Å². The lowest BCUT2D eigenvalue weighted by molar-refractivity contribution is -0.274. The molecule has 0 amide bonds. The molecule has 0 aromatic heterocycles. The van der Waals surface area contributed by atoms with E-state index in [1.165, 1.54) is 13.0 Å². The van der Waals surface area contributed by atoms with Crippen molar-refractivity contribution < 1.29 is 41.0 Å². The summed E-state index contributed by atoms with van der Waals surface area (Å²) in [6.45, 7) is -2.15. The van der Waals surface area contributed by atoms with Crippen LogP contribution in [-0.2, 0) is 4.74 Å². The van der Waals surface area contributed by atoms with Crippen molar-refractivity contribution in [2.24, 2.45) is 0 Å². The maximum Gasteiger partial charge on any atom is 0.573 e. The number of alkyl halides is 5. The smallest absolute Gasteiger partial charge is 0.462 e. The minimum atomic E-state index is -5.11. The average Bonchev–Trinajstić information content (AvgIpc) is 2.35. The van der Waals surface area contributed by atoms with E-state index in [2.05, 4.69) is 14.2 Å². The largest absolute Gasteiger partial charge is 0.573 e. The van der Waals surface area contributed by atoms with E-state index in [1.807, 2.05) is 0 Å². The van der Waals surface area contributed by atoms with Gasteiger partial charge in [-0.3, -0.25) is 0 Å². The van der Waals surface area contributed by atoms with E-state index in [1.54, 1.807) is 0 Å². The monoisotopic (exact) mass is 325 g/mol. The van der Waals surface area contributed by atoms with Gasteiger partial charge in [0, 0.05) is 6.07 Å². The highest BCUT2D eigenvalue weighted by Crippen LogP contribution is 2.33. The molecule has 0 spiro atoms. The van der Waals surface area contributed by atoms with Gasteiger partial charge in [-0.25, -0.2) is 4.79 Å². The Balaban J connectivity index is 3.41. The molecule has 1 aromatic rings. The van der Waals surface area contributed by atoms with Gasteiger partial charge in [-0.1, -0.05) is 0 Å². The zero-order chi connectivity index (χ0) is 16.9. The number of carbonyl (C=O) groups is 1. The molecule has 0 N–H and O–H groups in total. The van der Waals surface area contributed by atoms with Gasteiger partial charge in [0.1, 0.15) is 23.1 Å². The summed E-state index contributed by atoms with van der Waals surface area (Å²) in [6, 6.07) is 2.39. The van der Waals surface area contributed by atoms with E-state index in [4.69, 9.17) is 5.26 Å². The molecule has 0 radical (unpaired) electrons. The van der Waals surface area contributed by atoms with Crippen LogP contribution >= 0.6 is 0 Å². The number of rotatable bonds is 5. The maximum atomic E-state index is 12.3. The number of esters is 1. The molecule has 120 valence electrons. The highest BCUT2D eigenvalue weighted by Gasteiger charge is 2.33. The molecule has 0 heterocycles. The van der Waals surface area contributed by atoms with Crippen molar-refractivity contribution in [1.82, 2.24) is 0 Å². The Kier molecular flexibility index (Phi) is 5.50. The molecule has 10 heteroatoms. The molecule has 0 aliphatic carbocycles. The van der Waals surface area contributed by atoms with Crippen LogP contribution in [0.4, 0.5) is 22.0 Å². The molecule has 0 unspecified atom stereocenters. The Bertz CT molecular complexity index is 594. The summed E-state index contributed by atoms with van der Waals surface area (Å²) >= 11 is 0. The number of hydrogen-bond donors (Lipinski definition) is 0. The summed E-state index contributed by atoms with van der Waals surface area (Å²) in [5.74, 6) is -3.12. The van der Waals surface area contributed by atoms with Crippen molar-refractivity contribution >= 4 is 5.97 Å². The predicted molar refractivity (Wildman–Crippen MR) is 60.4 cm³/mol. The molecule has 1 rings (SSSR count).